The largest absolute Gasteiger partial charge is 0.375 e. The van der Waals surface area contributed by atoms with Crippen molar-refractivity contribution in [2.24, 2.45) is 0 Å². The molecule has 3 rings (SSSR count). The first-order valence-electron chi connectivity index (χ1n) is 9.11. The molecule has 7 heteroatoms. The van der Waals surface area contributed by atoms with Crippen molar-refractivity contribution < 1.29 is 14.3 Å². The van der Waals surface area contributed by atoms with Crippen LogP contribution in [0.25, 0.3) is 11.0 Å². The Labute approximate surface area is 153 Å². The minimum Gasteiger partial charge on any atom is -0.375 e. The number of aromatic nitrogens is 2. The van der Waals surface area contributed by atoms with Crippen LogP contribution in [-0.4, -0.2) is 41.1 Å². The lowest BCUT2D eigenvalue weighted by atomic mass is 10.2. The standard InChI is InChI=1S/C19H26N4O3/c1-13(20-18(25)12-26-2)19-22-15-9-5-6-10-16(15)23(19)11-17(24)21-14-7-3-4-8-14/h5-6,9-10,13-14H,3-4,7-8,11-12H2,1-2H3,(H,20,25)(H,21,24). The van der Waals surface area contributed by atoms with E-state index in [-0.39, 0.29) is 37.0 Å². The third kappa shape index (κ3) is 4.22. The molecule has 0 bridgehead atoms. The molecule has 1 saturated carbocycles. The first-order chi connectivity index (χ1) is 12.6. The molecule has 1 aromatic carbocycles. The number of amides is 2. The van der Waals surface area contributed by atoms with Crippen molar-refractivity contribution in [1.29, 1.82) is 0 Å². The van der Waals surface area contributed by atoms with E-state index in [4.69, 9.17) is 4.74 Å². The quantitative estimate of drug-likeness (QED) is 0.792. The van der Waals surface area contributed by atoms with Crippen LogP contribution in [0, 0.1) is 0 Å². The van der Waals surface area contributed by atoms with Gasteiger partial charge in [-0.25, -0.2) is 4.98 Å². The van der Waals surface area contributed by atoms with Crippen LogP contribution < -0.4 is 10.6 Å². The highest BCUT2D eigenvalue weighted by Gasteiger charge is 2.22. The SMILES string of the molecule is COCC(=O)NC(C)c1nc2ccccc2n1CC(=O)NC1CCCC1. The topological polar surface area (TPSA) is 85.2 Å². The molecule has 2 N–H and O–H groups in total. The average Bonchev–Trinajstić information content (AvgIpc) is 3.23. The van der Waals surface area contributed by atoms with Crippen LogP contribution in [-0.2, 0) is 20.9 Å². The maximum absolute atomic E-state index is 12.5. The molecule has 1 aliphatic rings. The van der Waals surface area contributed by atoms with E-state index in [0.717, 1.165) is 23.9 Å². The van der Waals surface area contributed by atoms with Crippen LogP contribution >= 0.6 is 0 Å². The second-order valence-corrected chi connectivity index (χ2v) is 6.82. The van der Waals surface area contributed by atoms with E-state index in [1.807, 2.05) is 35.8 Å². The summed E-state index contributed by atoms with van der Waals surface area (Å²) in [7, 11) is 1.48. The van der Waals surface area contributed by atoms with Crippen molar-refractivity contribution >= 4 is 22.8 Å². The highest BCUT2D eigenvalue weighted by molar-refractivity contribution is 5.82. The van der Waals surface area contributed by atoms with Crippen LogP contribution in [0.4, 0.5) is 0 Å². The summed E-state index contributed by atoms with van der Waals surface area (Å²) in [6, 6.07) is 7.64. The van der Waals surface area contributed by atoms with E-state index < -0.39 is 0 Å². The summed E-state index contributed by atoms with van der Waals surface area (Å²) in [5.74, 6) is 0.433. The molecule has 1 fully saturated rings. The van der Waals surface area contributed by atoms with Gasteiger partial charge in [0.2, 0.25) is 11.8 Å². The molecule has 26 heavy (non-hydrogen) atoms. The van der Waals surface area contributed by atoms with Gasteiger partial charge in [-0.3, -0.25) is 9.59 Å². The number of rotatable bonds is 7. The van der Waals surface area contributed by atoms with Gasteiger partial charge in [0, 0.05) is 13.2 Å². The van der Waals surface area contributed by atoms with Crippen molar-refractivity contribution in [3.05, 3.63) is 30.1 Å². The van der Waals surface area contributed by atoms with E-state index in [1.165, 1.54) is 20.0 Å². The number of hydrogen-bond acceptors (Lipinski definition) is 4. The second kappa shape index (κ2) is 8.31. The molecule has 0 spiro atoms. The molecule has 7 nitrogen and oxygen atoms in total. The van der Waals surface area contributed by atoms with Gasteiger partial charge >= 0.3 is 0 Å². The third-order valence-electron chi connectivity index (χ3n) is 4.75. The Hall–Kier alpha value is -2.41. The Morgan fingerprint density at radius 1 is 1.27 bits per heavy atom. The molecule has 2 amide bonds. The summed E-state index contributed by atoms with van der Waals surface area (Å²) in [6.07, 6.45) is 4.44. The smallest absolute Gasteiger partial charge is 0.246 e. The van der Waals surface area contributed by atoms with Crippen LogP contribution in [0.1, 0.15) is 44.5 Å². The number of nitrogens with zero attached hydrogens (tertiary/aromatic N) is 2. The lowest BCUT2D eigenvalue weighted by molar-refractivity contribution is -0.125. The van der Waals surface area contributed by atoms with Gasteiger partial charge in [-0.15, -0.1) is 0 Å². The summed E-state index contributed by atoms with van der Waals surface area (Å²) < 4.78 is 6.75. The number of hydrogen-bond donors (Lipinski definition) is 2. The zero-order valence-corrected chi connectivity index (χ0v) is 15.3. The molecule has 140 valence electrons. The third-order valence-corrected chi connectivity index (χ3v) is 4.75. The van der Waals surface area contributed by atoms with E-state index in [1.54, 1.807) is 0 Å². The van der Waals surface area contributed by atoms with E-state index in [9.17, 15) is 9.59 Å². The summed E-state index contributed by atoms with van der Waals surface area (Å²) in [6.45, 7) is 2.05. The molecule has 0 aliphatic heterocycles. The molecule has 1 unspecified atom stereocenters. The summed E-state index contributed by atoms with van der Waals surface area (Å²) >= 11 is 0. The maximum atomic E-state index is 12.5. The normalized spacial score (nSPS) is 15.9. The van der Waals surface area contributed by atoms with Gasteiger partial charge < -0.3 is 19.9 Å². The monoisotopic (exact) mass is 358 g/mol. The molecular formula is C19H26N4O3. The van der Waals surface area contributed by atoms with E-state index in [0.29, 0.717) is 5.82 Å². The van der Waals surface area contributed by atoms with Crippen molar-refractivity contribution in [3.63, 3.8) is 0 Å². The summed E-state index contributed by atoms with van der Waals surface area (Å²) in [5.41, 5.74) is 1.70. The Bertz CT molecular complexity index is 780. The van der Waals surface area contributed by atoms with Gasteiger partial charge in [0.1, 0.15) is 19.0 Å². The summed E-state index contributed by atoms with van der Waals surface area (Å²) in [4.78, 5) is 29.0. The Balaban J connectivity index is 1.81. The maximum Gasteiger partial charge on any atom is 0.246 e. The van der Waals surface area contributed by atoms with Gasteiger partial charge in [0.05, 0.1) is 17.1 Å². The molecule has 2 aromatic rings. The number of ether oxygens (including phenoxy) is 1. The van der Waals surface area contributed by atoms with Crippen LogP contribution in [0.2, 0.25) is 0 Å². The number of carbonyl (C=O) groups is 2. The molecule has 1 atom stereocenters. The Kier molecular flexibility index (Phi) is 5.88. The fraction of sp³-hybridized carbons (Fsp3) is 0.526. The number of methoxy groups -OCH3 is 1. The Morgan fingerprint density at radius 2 is 2.00 bits per heavy atom. The Morgan fingerprint density at radius 3 is 2.73 bits per heavy atom. The first-order valence-corrected chi connectivity index (χ1v) is 9.11. The predicted molar refractivity (Wildman–Crippen MR) is 98.6 cm³/mol. The predicted octanol–water partition coefficient (Wildman–Crippen LogP) is 1.92. The van der Waals surface area contributed by atoms with Crippen LogP contribution in [0.5, 0.6) is 0 Å². The number of benzene rings is 1. The van der Waals surface area contributed by atoms with Crippen molar-refractivity contribution in [3.8, 4) is 0 Å². The highest BCUT2D eigenvalue weighted by Crippen LogP contribution is 2.21. The number of nitrogens with one attached hydrogen (secondary N) is 2. The molecule has 1 aliphatic carbocycles. The lowest BCUT2D eigenvalue weighted by Gasteiger charge is -2.17. The number of para-hydroxylation sites is 2. The number of fused-ring (bicyclic) bond motifs is 1. The molecule has 1 aromatic heterocycles. The van der Waals surface area contributed by atoms with Gasteiger partial charge in [-0.1, -0.05) is 25.0 Å². The first kappa shape index (κ1) is 18.4. The van der Waals surface area contributed by atoms with Gasteiger partial charge in [0.15, 0.2) is 0 Å². The van der Waals surface area contributed by atoms with Crippen LogP contribution in [0.3, 0.4) is 0 Å². The lowest BCUT2D eigenvalue weighted by Crippen LogP contribution is -2.36. The number of carbonyl (C=O) groups excluding carboxylic acids is 2. The summed E-state index contributed by atoms with van der Waals surface area (Å²) in [5, 5.41) is 5.98. The minimum absolute atomic E-state index is 0.00721. The van der Waals surface area contributed by atoms with Gasteiger partial charge in [-0.05, 0) is 31.9 Å². The van der Waals surface area contributed by atoms with Crippen molar-refractivity contribution in [2.45, 2.75) is 51.2 Å². The van der Waals surface area contributed by atoms with E-state index in [2.05, 4.69) is 15.6 Å². The minimum atomic E-state index is -0.329. The number of imidazole rings is 1. The second-order valence-electron chi connectivity index (χ2n) is 6.82. The van der Waals surface area contributed by atoms with Gasteiger partial charge in [-0.2, -0.15) is 0 Å². The molecule has 1 heterocycles. The average molecular weight is 358 g/mol. The fourth-order valence-corrected chi connectivity index (χ4v) is 3.56. The zero-order chi connectivity index (χ0) is 18.5. The molecular weight excluding hydrogens is 332 g/mol. The highest BCUT2D eigenvalue weighted by atomic mass is 16.5. The van der Waals surface area contributed by atoms with Crippen molar-refractivity contribution in [2.75, 3.05) is 13.7 Å². The van der Waals surface area contributed by atoms with Crippen LogP contribution in [0.15, 0.2) is 24.3 Å². The molecule has 0 radical (unpaired) electrons. The fourth-order valence-electron chi connectivity index (χ4n) is 3.56. The molecule has 0 saturated heterocycles. The zero-order valence-electron chi connectivity index (χ0n) is 15.3. The van der Waals surface area contributed by atoms with E-state index >= 15 is 0 Å². The van der Waals surface area contributed by atoms with Crippen molar-refractivity contribution in [1.82, 2.24) is 20.2 Å². The van der Waals surface area contributed by atoms with Gasteiger partial charge in [0.25, 0.3) is 0 Å².